The molecule has 0 unspecified atom stereocenters. The molecule has 0 radical (unpaired) electrons. The minimum Gasteiger partial charge on any atom is -0.311 e. The fourth-order valence-electron chi connectivity index (χ4n) is 5.56. The minimum absolute atomic E-state index is 0.0365. The van der Waals surface area contributed by atoms with Crippen molar-refractivity contribution in [3.05, 3.63) is 76.4 Å². The molecule has 2 atom stereocenters. The third-order valence-corrected chi connectivity index (χ3v) is 8.00. The van der Waals surface area contributed by atoms with E-state index in [0.717, 1.165) is 41.7 Å². The van der Waals surface area contributed by atoms with Gasteiger partial charge in [-0.1, -0.05) is 19.9 Å². The highest BCUT2D eigenvalue weighted by atomic mass is 19.1. The van der Waals surface area contributed by atoms with Gasteiger partial charge >= 0.3 is 0 Å². The Morgan fingerprint density at radius 3 is 2.68 bits per heavy atom. The second-order valence-corrected chi connectivity index (χ2v) is 11.5. The van der Waals surface area contributed by atoms with Crippen molar-refractivity contribution >= 4 is 11.6 Å². The number of benzene rings is 1. The lowest BCUT2D eigenvalue weighted by molar-refractivity contribution is -0.120. The summed E-state index contributed by atoms with van der Waals surface area (Å²) in [5.41, 5.74) is 4.89. The average molecular weight is 523 g/mol. The molecule has 3 aromatic rings. The van der Waals surface area contributed by atoms with Gasteiger partial charge in [0.2, 0.25) is 5.91 Å². The molecule has 0 aliphatic carbocycles. The van der Waals surface area contributed by atoms with Crippen molar-refractivity contribution in [3.63, 3.8) is 0 Å². The largest absolute Gasteiger partial charge is 0.311 e. The molecule has 1 amide bonds. The zero-order valence-corrected chi connectivity index (χ0v) is 22.8. The lowest BCUT2D eigenvalue weighted by atomic mass is 9.88. The van der Waals surface area contributed by atoms with E-state index >= 15 is 0 Å². The van der Waals surface area contributed by atoms with E-state index in [1.165, 1.54) is 12.1 Å². The van der Waals surface area contributed by atoms with Gasteiger partial charge in [-0.05, 0) is 44.0 Å². The molecule has 2 aliphatic rings. The van der Waals surface area contributed by atoms with Gasteiger partial charge in [-0.25, -0.2) is 8.78 Å². The Balaban J connectivity index is 1.37. The van der Waals surface area contributed by atoms with Gasteiger partial charge in [-0.2, -0.15) is 5.10 Å². The number of hydrogen-bond donors (Lipinski definition) is 1. The molecule has 1 N–H and O–H groups in total. The van der Waals surface area contributed by atoms with Crippen molar-refractivity contribution in [2.75, 3.05) is 31.1 Å². The SMILES string of the molecule is Cc1cnn(C[C@H]2CN[C@H](C)CN2CC(=O)N2CC(C)(C)c3cnc(Cc4ccc(F)cc4F)cc32)c1C. The van der Waals surface area contributed by atoms with Crippen LogP contribution in [0.25, 0.3) is 0 Å². The number of piperazine rings is 1. The van der Waals surface area contributed by atoms with Crippen molar-refractivity contribution < 1.29 is 13.6 Å². The van der Waals surface area contributed by atoms with Crippen LogP contribution in [0.3, 0.4) is 0 Å². The van der Waals surface area contributed by atoms with E-state index in [9.17, 15) is 13.6 Å². The number of aryl methyl sites for hydroxylation is 1. The Bertz CT molecular complexity index is 1350. The van der Waals surface area contributed by atoms with E-state index in [1.54, 1.807) is 6.20 Å². The number of amides is 1. The second kappa shape index (κ2) is 10.2. The standard InChI is InChI=1S/C29H36F2N6O/c1-18-11-34-37(20(18)3)15-24-12-32-19(2)14-35(24)16-28(38)36-17-29(4,5)25-13-33-23(10-27(25)36)8-21-6-7-22(30)9-26(21)31/h6-7,9-11,13,19,24,32H,8,12,14-17H2,1-5H3/t19-,24-/m1/s1. The van der Waals surface area contributed by atoms with Crippen LogP contribution in [0.2, 0.25) is 0 Å². The Kier molecular flexibility index (Phi) is 7.09. The number of carbonyl (C=O) groups excluding carboxylic acids is 1. The first kappa shape index (κ1) is 26.4. The number of aromatic nitrogens is 3. The molecular weight excluding hydrogens is 486 g/mol. The molecule has 1 saturated heterocycles. The number of anilines is 1. The number of nitrogens with one attached hydrogen (secondary N) is 1. The Morgan fingerprint density at radius 1 is 1.18 bits per heavy atom. The monoisotopic (exact) mass is 522 g/mol. The summed E-state index contributed by atoms with van der Waals surface area (Å²) in [7, 11) is 0. The highest BCUT2D eigenvalue weighted by Crippen LogP contribution is 2.40. The van der Waals surface area contributed by atoms with Crippen LogP contribution < -0.4 is 10.2 Å². The first-order chi connectivity index (χ1) is 18.0. The molecule has 0 bridgehead atoms. The van der Waals surface area contributed by atoms with E-state index in [-0.39, 0.29) is 29.8 Å². The summed E-state index contributed by atoms with van der Waals surface area (Å²) < 4.78 is 29.7. The highest BCUT2D eigenvalue weighted by Gasteiger charge is 2.40. The lowest BCUT2D eigenvalue weighted by Gasteiger charge is -2.39. The molecule has 5 rings (SSSR count). The van der Waals surface area contributed by atoms with Crippen molar-refractivity contribution in [2.45, 2.75) is 65.1 Å². The summed E-state index contributed by atoms with van der Waals surface area (Å²) in [4.78, 5) is 22.5. The third-order valence-electron chi connectivity index (χ3n) is 8.00. The van der Waals surface area contributed by atoms with E-state index in [1.807, 2.05) is 21.8 Å². The first-order valence-electron chi connectivity index (χ1n) is 13.2. The lowest BCUT2D eigenvalue weighted by Crippen LogP contribution is -2.59. The number of nitrogens with zero attached hydrogens (tertiary/aromatic N) is 5. The zero-order chi connectivity index (χ0) is 27.2. The molecule has 0 saturated carbocycles. The second-order valence-electron chi connectivity index (χ2n) is 11.5. The van der Waals surface area contributed by atoms with Crippen LogP contribution in [-0.2, 0) is 23.2 Å². The maximum Gasteiger partial charge on any atom is 0.241 e. The maximum atomic E-state index is 14.3. The molecule has 1 aromatic carbocycles. The van der Waals surface area contributed by atoms with Crippen LogP contribution in [-0.4, -0.2) is 63.8 Å². The van der Waals surface area contributed by atoms with Crippen LogP contribution in [0, 0.1) is 25.5 Å². The number of pyridine rings is 1. The molecule has 1 fully saturated rings. The van der Waals surface area contributed by atoms with Crippen LogP contribution >= 0.6 is 0 Å². The summed E-state index contributed by atoms with van der Waals surface area (Å²) >= 11 is 0. The van der Waals surface area contributed by atoms with Crippen molar-refractivity contribution in [1.82, 2.24) is 25.0 Å². The van der Waals surface area contributed by atoms with Gasteiger partial charge < -0.3 is 10.2 Å². The summed E-state index contributed by atoms with van der Waals surface area (Å²) in [5, 5.41) is 8.08. The number of hydrogen-bond acceptors (Lipinski definition) is 5. The predicted molar refractivity (Wildman–Crippen MR) is 143 cm³/mol. The number of fused-ring (bicyclic) bond motifs is 1. The Morgan fingerprint density at radius 2 is 1.97 bits per heavy atom. The molecule has 2 aliphatic heterocycles. The van der Waals surface area contributed by atoms with Crippen molar-refractivity contribution in [1.29, 1.82) is 0 Å². The van der Waals surface area contributed by atoms with Gasteiger partial charge in [0.25, 0.3) is 0 Å². The van der Waals surface area contributed by atoms with Crippen LogP contribution in [0.5, 0.6) is 0 Å². The molecule has 0 spiro atoms. The Labute approximate surface area is 222 Å². The Hall–Kier alpha value is -3.17. The quantitative estimate of drug-likeness (QED) is 0.534. The topological polar surface area (TPSA) is 66.3 Å². The number of halogens is 2. The van der Waals surface area contributed by atoms with Gasteiger partial charge in [-0.15, -0.1) is 0 Å². The van der Waals surface area contributed by atoms with Crippen LogP contribution in [0.15, 0.2) is 36.7 Å². The van der Waals surface area contributed by atoms with E-state index < -0.39 is 11.6 Å². The fourth-order valence-corrected chi connectivity index (χ4v) is 5.56. The van der Waals surface area contributed by atoms with Crippen molar-refractivity contribution in [2.24, 2.45) is 0 Å². The molecule has 7 nitrogen and oxygen atoms in total. The number of carbonyl (C=O) groups is 1. The van der Waals surface area contributed by atoms with Gasteiger partial charge in [0, 0.05) is 72.8 Å². The fraction of sp³-hybridized carbons (Fsp3) is 0.483. The average Bonchev–Trinajstić information content (AvgIpc) is 3.32. The summed E-state index contributed by atoms with van der Waals surface area (Å²) in [6, 6.07) is 5.89. The molecule has 9 heteroatoms. The zero-order valence-electron chi connectivity index (χ0n) is 22.8. The molecular formula is C29H36F2N6O. The molecule has 4 heterocycles. The summed E-state index contributed by atoms with van der Waals surface area (Å²) in [5.74, 6) is -1.17. The van der Waals surface area contributed by atoms with Gasteiger partial charge in [0.1, 0.15) is 11.6 Å². The predicted octanol–water partition coefficient (Wildman–Crippen LogP) is 3.75. The summed E-state index contributed by atoms with van der Waals surface area (Å²) in [6.07, 6.45) is 3.91. The molecule has 2 aromatic heterocycles. The smallest absolute Gasteiger partial charge is 0.241 e. The van der Waals surface area contributed by atoms with Gasteiger partial charge in [0.05, 0.1) is 25.0 Å². The van der Waals surface area contributed by atoms with Crippen LogP contribution in [0.4, 0.5) is 14.5 Å². The number of rotatable bonds is 6. The first-order valence-corrected chi connectivity index (χ1v) is 13.2. The highest BCUT2D eigenvalue weighted by molar-refractivity contribution is 5.97. The summed E-state index contributed by atoms with van der Waals surface area (Å²) in [6.45, 7) is 13.6. The normalized spacial score (nSPS) is 21.1. The molecule has 202 valence electrons. The van der Waals surface area contributed by atoms with Gasteiger partial charge in [0.15, 0.2) is 0 Å². The minimum atomic E-state index is -0.606. The van der Waals surface area contributed by atoms with E-state index in [2.05, 4.69) is 54.9 Å². The van der Waals surface area contributed by atoms with Crippen LogP contribution in [0.1, 0.15) is 48.8 Å². The maximum absolute atomic E-state index is 14.3. The third kappa shape index (κ3) is 5.22. The van der Waals surface area contributed by atoms with Gasteiger partial charge in [-0.3, -0.25) is 19.4 Å². The van der Waals surface area contributed by atoms with Crippen molar-refractivity contribution in [3.8, 4) is 0 Å². The van der Waals surface area contributed by atoms with E-state index in [4.69, 9.17) is 0 Å². The van der Waals surface area contributed by atoms with E-state index in [0.29, 0.717) is 30.9 Å². The molecule has 38 heavy (non-hydrogen) atoms.